The lowest BCUT2D eigenvalue weighted by atomic mass is 10.1. The highest BCUT2D eigenvalue weighted by molar-refractivity contribution is 7.21. The largest absolute Gasteiger partial charge is 0.341 e. The summed E-state index contributed by atoms with van der Waals surface area (Å²) in [6.45, 7) is 3.09. The second kappa shape index (κ2) is 4.89. The molecule has 4 heteroatoms. The van der Waals surface area contributed by atoms with Gasteiger partial charge < -0.3 is 4.57 Å². The van der Waals surface area contributed by atoms with Crippen LogP contribution in [0.3, 0.4) is 0 Å². The molecular weight excluding hydrogens is 316 g/mol. The first-order chi connectivity index (χ1) is 11.7. The molecule has 5 rings (SSSR count). The predicted octanol–water partition coefficient (Wildman–Crippen LogP) is 4.89. The lowest BCUT2D eigenvalue weighted by Gasteiger charge is -2.07. The number of nitrogens with zero attached hydrogens (tertiary/aromatic N) is 2. The van der Waals surface area contributed by atoms with E-state index in [0.29, 0.717) is 0 Å². The highest BCUT2D eigenvalue weighted by atomic mass is 32.1. The van der Waals surface area contributed by atoms with E-state index in [-0.39, 0.29) is 5.43 Å². The van der Waals surface area contributed by atoms with Crippen LogP contribution in [-0.4, -0.2) is 9.55 Å². The molecule has 0 N–H and O–H groups in total. The van der Waals surface area contributed by atoms with Gasteiger partial charge in [-0.05, 0) is 37.3 Å². The fraction of sp³-hybridized carbons (Fsp3) is 0.100. The minimum Gasteiger partial charge on any atom is -0.341 e. The SMILES string of the molecule is CCn1c2ccccc2c2cc3nc4ccc(=O)cc-4sc3cc21. The molecular formula is C20H14N2OS. The van der Waals surface area contributed by atoms with Crippen molar-refractivity contribution in [1.29, 1.82) is 0 Å². The smallest absolute Gasteiger partial charge is 0.180 e. The summed E-state index contributed by atoms with van der Waals surface area (Å²) in [6.07, 6.45) is 0. The summed E-state index contributed by atoms with van der Waals surface area (Å²) in [7, 11) is 0. The number of hydrogen-bond acceptors (Lipinski definition) is 3. The van der Waals surface area contributed by atoms with Crippen LogP contribution in [0.5, 0.6) is 0 Å². The fourth-order valence-corrected chi connectivity index (χ4v) is 4.50. The third kappa shape index (κ3) is 1.83. The van der Waals surface area contributed by atoms with Crippen molar-refractivity contribution >= 4 is 43.4 Å². The zero-order valence-corrected chi connectivity index (χ0v) is 13.9. The Hall–Kier alpha value is -2.72. The first-order valence-electron chi connectivity index (χ1n) is 8.00. The molecule has 2 aliphatic rings. The monoisotopic (exact) mass is 330 g/mol. The minimum absolute atomic E-state index is 0.0312. The Labute approximate surface area is 142 Å². The van der Waals surface area contributed by atoms with Crippen LogP contribution in [0.2, 0.25) is 0 Å². The topological polar surface area (TPSA) is 34.9 Å². The van der Waals surface area contributed by atoms with Gasteiger partial charge in [-0.2, -0.15) is 0 Å². The third-order valence-corrected chi connectivity index (χ3v) is 5.66. The summed E-state index contributed by atoms with van der Waals surface area (Å²) in [5, 5.41) is 2.50. The fourth-order valence-electron chi connectivity index (χ4n) is 3.49. The molecule has 2 heterocycles. The van der Waals surface area contributed by atoms with Gasteiger partial charge in [-0.1, -0.05) is 18.2 Å². The van der Waals surface area contributed by atoms with Crippen molar-refractivity contribution in [3.63, 3.8) is 0 Å². The number of fused-ring (bicyclic) bond motifs is 5. The molecule has 3 nitrogen and oxygen atoms in total. The van der Waals surface area contributed by atoms with Crippen LogP contribution in [0, 0.1) is 0 Å². The van der Waals surface area contributed by atoms with Crippen molar-refractivity contribution in [3.05, 3.63) is 64.8 Å². The predicted molar refractivity (Wildman–Crippen MR) is 101 cm³/mol. The number of hydrogen-bond donors (Lipinski definition) is 0. The van der Waals surface area contributed by atoms with Crippen LogP contribution >= 0.6 is 11.3 Å². The molecule has 0 saturated heterocycles. The highest BCUT2D eigenvalue weighted by Gasteiger charge is 2.13. The van der Waals surface area contributed by atoms with Crippen LogP contribution in [0.4, 0.5) is 0 Å². The van der Waals surface area contributed by atoms with Crippen LogP contribution in [0.25, 0.3) is 42.6 Å². The van der Waals surface area contributed by atoms with E-state index >= 15 is 0 Å². The zero-order chi connectivity index (χ0) is 16.3. The quantitative estimate of drug-likeness (QED) is 0.410. The average molecular weight is 330 g/mol. The molecule has 2 aromatic carbocycles. The van der Waals surface area contributed by atoms with Gasteiger partial charge in [-0.25, -0.2) is 4.98 Å². The van der Waals surface area contributed by atoms with E-state index in [4.69, 9.17) is 4.98 Å². The maximum absolute atomic E-state index is 11.6. The summed E-state index contributed by atoms with van der Waals surface area (Å²) < 4.78 is 3.45. The van der Waals surface area contributed by atoms with Crippen molar-refractivity contribution < 1.29 is 0 Å². The molecule has 1 aliphatic carbocycles. The summed E-state index contributed by atoms with van der Waals surface area (Å²) in [5.74, 6) is 0. The van der Waals surface area contributed by atoms with Gasteiger partial charge in [0.1, 0.15) is 0 Å². The molecule has 0 spiro atoms. The molecule has 24 heavy (non-hydrogen) atoms. The van der Waals surface area contributed by atoms with Crippen molar-refractivity contribution in [2.75, 3.05) is 0 Å². The minimum atomic E-state index is 0.0312. The molecule has 0 amide bonds. The van der Waals surface area contributed by atoms with Gasteiger partial charge in [-0.15, -0.1) is 11.3 Å². The lowest BCUT2D eigenvalue weighted by Crippen LogP contribution is -1.98. The van der Waals surface area contributed by atoms with Gasteiger partial charge >= 0.3 is 0 Å². The number of aryl methyl sites for hydroxylation is 1. The Morgan fingerprint density at radius 3 is 2.75 bits per heavy atom. The van der Waals surface area contributed by atoms with Crippen molar-refractivity contribution in [1.82, 2.24) is 9.55 Å². The van der Waals surface area contributed by atoms with Crippen molar-refractivity contribution in [2.24, 2.45) is 0 Å². The molecule has 116 valence electrons. The van der Waals surface area contributed by atoms with Gasteiger partial charge in [0.05, 0.1) is 26.3 Å². The van der Waals surface area contributed by atoms with Crippen LogP contribution in [-0.2, 0) is 6.54 Å². The Balaban J connectivity index is 1.99. The Kier molecular flexibility index (Phi) is 2.79. The summed E-state index contributed by atoms with van der Waals surface area (Å²) >= 11 is 1.63. The molecule has 1 aromatic heterocycles. The van der Waals surface area contributed by atoms with Gasteiger partial charge in [-0.3, -0.25) is 4.79 Å². The van der Waals surface area contributed by atoms with Gasteiger partial charge in [0.2, 0.25) is 0 Å². The molecule has 0 saturated carbocycles. The number of benzene rings is 3. The molecule has 1 aliphatic heterocycles. The van der Waals surface area contributed by atoms with E-state index in [1.807, 2.05) is 6.07 Å². The molecule has 0 bridgehead atoms. The Morgan fingerprint density at radius 2 is 1.88 bits per heavy atom. The zero-order valence-electron chi connectivity index (χ0n) is 13.1. The van der Waals surface area contributed by atoms with Crippen LogP contribution in [0.1, 0.15) is 6.92 Å². The summed E-state index contributed by atoms with van der Waals surface area (Å²) in [4.78, 5) is 17.3. The van der Waals surface area contributed by atoms with E-state index in [9.17, 15) is 4.79 Å². The van der Waals surface area contributed by atoms with Gasteiger partial charge in [0.25, 0.3) is 0 Å². The maximum atomic E-state index is 11.6. The van der Waals surface area contributed by atoms with Crippen molar-refractivity contribution in [3.8, 4) is 10.6 Å². The lowest BCUT2D eigenvalue weighted by molar-refractivity contribution is 0.827. The summed E-state index contributed by atoms with van der Waals surface area (Å²) in [5.41, 5.74) is 4.37. The Bertz CT molecular complexity index is 1270. The van der Waals surface area contributed by atoms with Gasteiger partial charge in [0.15, 0.2) is 5.43 Å². The second-order valence-corrected chi connectivity index (χ2v) is 7.03. The highest BCUT2D eigenvalue weighted by Crippen LogP contribution is 2.36. The average Bonchev–Trinajstić information content (AvgIpc) is 2.90. The third-order valence-electron chi connectivity index (χ3n) is 4.56. The summed E-state index contributed by atoms with van der Waals surface area (Å²) in [6, 6.07) is 18.0. The maximum Gasteiger partial charge on any atom is 0.180 e. The first kappa shape index (κ1) is 13.7. The number of para-hydroxylation sites is 1. The Morgan fingerprint density at radius 1 is 1.00 bits per heavy atom. The number of aromatic nitrogens is 2. The molecule has 3 aromatic rings. The number of rotatable bonds is 1. The van der Waals surface area contributed by atoms with Gasteiger partial charge in [0, 0.05) is 28.9 Å². The van der Waals surface area contributed by atoms with E-state index in [1.54, 1.807) is 23.5 Å². The molecule has 0 unspecified atom stereocenters. The molecule has 0 fully saturated rings. The molecule has 0 atom stereocenters. The second-order valence-electron chi connectivity index (χ2n) is 5.94. The first-order valence-corrected chi connectivity index (χ1v) is 8.82. The normalized spacial score (nSPS) is 11.9. The van der Waals surface area contributed by atoms with Crippen molar-refractivity contribution in [2.45, 2.75) is 13.5 Å². The van der Waals surface area contributed by atoms with E-state index in [1.165, 1.54) is 21.8 Å². The van der Waals surface area contributed by atoms with E-state index in [0.717, 1.165) is 27.3 Å². The van der Waals surface area contributed by atoms with Crippen LogP contribution in [0.15, 0.2) is 59.4 Å². The van der Waals surface area contributed by atoms with Crippen LogP contribution < -0.4 is 5.43 Å². The van der Waals surface area contributed by atoms with E-state index < -0.39 is 0 Å². The molecule has 0 radical (unpaired) electrons. The van der Waals surface area contributed by atoms with E-state index in [2.05, 4.69) is 47.9 Å². The standard InChI is InChI=1S/C20H14N2OS/c1-2-22-17-6-4-3-5-13(17)14-10-16-20(11-18(14)22)24-19-9-12(23)7-8-15(19)21-16/h3-11H,2H2,1H3.